The third kappa shape index (κ3) is 9.49. The van der Waals surface area contributed by atoms with E-state index in [0.29, 0.717) is 23.2 Å². The molecule has 2 aromatic heterocycles. The Morgan fingerprint density at radius 1 is 0.443 bits per heavy atom. The van der Waals surface area contributed by atoms with Gasteiger partial charge in [0.15, 0.2) is 0 Å². The second kappa shape index (κ2) is 18.4. The highest BCUT2D eigenvalue weighted by atomic mass is 16.3. The summed E-state index contributed by atoms with van der Waals surface area (Å²) in [5.74, 6) is 1.77. The predicted octanol–water partition coefficient (Wildman–Crippen LogP) is 18.3. The number of phenolic OH excluding ortho intramolecular Hbond substituents is 1. The second-order valence-electron chi connectivity index (χ2n) is 23.0. The molecule has 354 valence electrons. The number of fused-ring (bicyclic) bond motifs is 1. The minimum atomic E-state index is -0.334. The molecule has 0 fully saturated rings. The van der Waals surface area contributed by atoms with Crippen molar-refractivity contribution in [2.45, 2.75) is 118 Å². The van der Waals surface area contributed by atoms with Gasteiger partial charge in [0.25, 0.3) is 0 Å². The zero-order chi connectivity index (χ0) is 49.9. The summed E-state index contributed by atoms with van der Waals surface area (Å²) >= 11 is 0. The Labute approximate surface area is 417 Å². The molecule has 4 nitrogen and oxygen atoms in total. The first-order chi connectivity index (χ1) is 33.2. The molecule has 0 aliphatic carbocycles. The Balaban J connectivity index is 1.34. The molecule has 7 aromatic carbocycles. The van der Waals surface area contributed by atoms with E-state index in [0.717, 1.165) is 78.0 Å². The lowest BCUT2D eigenvalue weighted by atomic mass is 9.79. The molecule has 0 atom stereocenters. The molecule has 0 saturated carbocycles. The zero-order valence-corrected chi connectivity index (χ0v) is 43.5. The van der Waals surface area contributed by atoms with Crippen LogP contribution in [0.4, 0.5) is 0 Å². The van der Waals surface area contributed by atoms with Crippen LogP contribution in [0.1, 0.15) is 130 Å². The summed E-state index contributed by atoms with van der Waals surface area (Å²) in [7, 11) is 0. The summed E-state index contributed by atoms with van der Waals surface area (Å²) in [6, 6.07) is 57.3. The fourth-order valence-corrected chi connectivity index (χ4v) is 9.62. The van der Waals surface area contributed by atoms with Crippen molar-refractivity contribution >= 4 is 11.0 Å². The van der Waals surface area contributed by atoms with Gasteiger partial charge in [-0.05, 0) is 138 Å². The quantitative estimate of drug-likeness (QED) is 0.157. The van der Waals surface area contributed by atoms with Gasteiger partial charge in [0, 0.05) is 28.5 Å². The van der Waals surface area contributed by atoms with Crippen LogP contribution in [0.2, 0.25) is 0 Å². The van der Waals surface area contributed by atoms with Crippen molar-refractivity contribution in [3.63, 3.8) is 0 Å². The minimum Gasteiger partial charge on any atom is -0.507 e. The van der Waals surface area contributed by atoms with Gasteiger partial charge in [0.05, 0.1) is 28.0 Å². The number of hydrogen-bond acceptors (Lipinski definition) is 3. The van der Waals surface area contributed by atoms with Crippen molar-refractivity contribution in [3.05, 3.63) is 192 Å². The molecule has 9 rings (SSSR count). The first-order valence-electron chi connectivity index (χ1n) is 25.1. The minimum absolute atomic E-state index is 0.0824. The van der Waals surface area contributed by atoms with Crippen LogP contribution in [0, 0.1) is 0 Å². The number of phenols is 1. The first kappa shape index (κ1) is 48.0. The molecule has 0 aliphatic heterocycles. The number of pyridine rings is 1. The normalized spacial score (nSPS) is 12.4. The largest absolute Gasteiger partial charge is 0.507 e. The molecule has 0 aliphatic rings. The van der Waals surface area contributed by atoms with Gasteiger partial charge in [0.1, 0.15) is 11.6 Å². The van der Waals surface area contributed by atoms with Crippen LogP contribution in [0.25, 0.3) is 83.9 Å². The molecule has 4 heteroatoms. The number of rotatable bonds is 9. The first-order valence-corrected chi connectivity index (χ1v) is 25.1. The summed E-state index contributed by atoms with van der Waals surface area (Å²) in [5, 5.41) is 12.6. The molecule has 9 aromatic rings. The second-order valence-corrected chi connectivity index (χ2v) is 23.0. The highest BCUT2D eigenvalue weighted by Crippen LogP contribution is 2.46. The van der Waals surface area contributed by atoms with E-state index in [-0.39, 0.29) is 22.0 Å². The third-order valence-corrected chi connectivity index (χ3v) is 13.9. The predicted molar refractivity (Wildman–Crippen MR) is 297 cm³/mol. The molecule has 0 radical (unpaired) electrons. The molecule has 0 amide bonds. The topological polar surface area (TPSA) is 50.9 Å². The highest BCUT2D eigenvalue weighted by molar-refractivity contribution is 5.98. The number of hydrogen-bond donors (Lipinski definition) is 1. The maximum Gasteiger partial charge on any atom is 0.149 e. The van der Waals surface area contributed by atoms with Crippen molar-refractivity contribution in [2.75, 3.05) is 0 Å². The van der Waals surface area contributed by atoms with Gasteiger partial charge in [-0.25, -0.2) is 4.98 Å². The van der Waals surface area contributed by atoms with E-state index < -0.39 is 0 Å². The molecule has 0 unspecified atom stereocenters. The van der Waals surface area contributed by atoms with E-state index in [1.807, 2.05) is 6.20 Å². The Morgan fingerprint density at radius 2 is 1.03 bits per heavy atom. The van der Waals surface area contributed by atoms with Crippen LogP contribution in [0.3, 0.4) is 0 Å². The standard InChI is InChI=1S/C66H69N3O/c1-41(2)46-31-47(42(3)4)33-49(32-46)45-29-30-67-58(37-45)51-35-48(43-21-16-14-17-22-43)34-50(36-51)54-25-20-26-60-61(54)68-63(56-39-53(65(8,9)10)40-57(62(56)70)66(11,12)13)69(60)59-28-27-52(64(5,6)7)38-55(59)44-23-18-15-19-24-44/h14-42,70H,1-13H3. The fourth-order valence-electron chi connectivity index (χ4n) is 9.62. The van der Waals surface area contributed by atoms with Crippen molar-refractivity contribution in [3.8, 4) is 78.6 Å². The van der Waals surface area contributed by atoms with Crippen LogP contribution in [0.15, 0.2) is 164 Å². The van der Waals surface area contributed by atoms with E-state index in [4.69, 9.17) is 9.97 Å². The number of imidazole rings is 1. The summed E-state index contributed by atoms with van der Waals surface area (Å²) in [6.07, 6.45) is 1.95. The number of nitrogens with zero attached hydrogens (tertiary/aromatic N) is 3. The van der Waals surface area contributed by atoms with Gasteiger partial charge in [-0.1, -0.05) is 193 Å². The van der Waals surface area contributed by atoms with Gasteiger partial charge >= 0.3 is 0 Å². The van der Waals surface area contributed by atoms with E-state index in [2.05, 4.69) is 252 Å². The van der Waals surface area contributed by atoms with Crippen molar-refractivity contribution in [2.24, 2.45) is 0 Å². The van der Waals surface area contributed by atoms with E-state index in [9.17, 15) is 5.11 Å². The SMILES string of the molecule is CC(C)c1cc(-c2ccnc(-c3cc(-c4ccccc4)cc(-c4cccc5c4nc(-c4cc(C(C)(C)C)cc(C(C)(C)C)c4O)n5-c4ccc(C(C)(C)C)cc4-c4ccccc4)c3)c2)cc(C(C)C)c1. The van der Waals surface area contributed by atoms with E-state index in [1.165, 1.54) is 22.3 Å². The van der Waals surface area contributed by atoms with Crippen molar-refractivity contribution < 1.29 is 5.11 Å². The van der Waals surface area contributed by atoms with Crippen molar-refractivity contribution in [1.82, 2.24) is 14.5 Å². The Kier molecular flexibility index (Phi) is 12.6. The number of para-hydroxylation sites is 1. The molecule has 0 saturated heterocycles. The van der Waals surface area contributed by atoms with Gasteiger partial charge in [-0.15, -0.1) is 0 Å². The maximum absolute atomic E-state index is 12.6. The van der Waals surface area contributed by atoms with Gasteiger partial charge < -0.3 is 5.11 Å². The molecular weight excluding hydrogens is 851 g/mol. The van der Waals surface area contributed by atoms with Crippen LogP contribution < -0.4 is 0 Å². The molecule has 1 N–H and O–H groups in total. The monoisotopic (exact) mass is 920 g/mol. The Morgan fingerprint density at radius 3 is 1.64 bits per heavy atom. The number of aromatic hydroxyl groups is 1. The summed E-state index contributed by atoms with van der Waals surface area (Å²) in [6.45, 7) is 29.1. The van der Waals surface area contributed by atoms with Gasteiger partial charge in [-0.3, -0.25) is 9.55 Å². The molecule has 0 spiro atoms. The van der Waals surface area contributed by atoms with E-state index >= 15 is 0 Å². The molecule has 70 heavy (non-hydrogen) atoms. The molecule has 2 heterocycles. The van der Waals surface area contributed by atoms with Crippen LogP contribution in [0.5, 0.6) is 5.75 Å². The highest BCUT2D eigenvalue weighted by Gasteiger charge is 2.30. The lowest BCUT2D eigenvalue weighted by Gasteiger charge is -2.28. The van der Waals surface area contributed by atoms with E-state index in [1.54, 1.807) is 0 Å². The number of benzene rings is 7. The summed E-state index contributed by atoms with van der Waals surface area (Å²) in [5.41, 5.74) is 19.6. The third-order valence-electron chi connectivity index (χ3n) is 13.9. The van der Waals surface area contributed by atoms with Gasteiger partial charge in [0.2, 0.25) is 0 Å². The van der Waals surface area contributed by atoms with Crippen LogP contribution in [-0.4, -0.2) is 19.6 Å². The van der Waals surface area contributed by atoms with Crippen LogP contribution >= 0.6 is 0 Å². The van der Waals surface area contributed by atoms with Crippen molar-refractivity contribution in [1.29, 1.82) is 0 Å². The van der Waals surface area contributed by atoms with Crippen LogP contribution in [-0.2, 0) is 16.2 Å². The maximum atomic E-state index is 12.6. The summed E-state index contributed by atoms with van der Waals surface area (Å²) < 4.78 is 2.30. The number of aromatic nitrogens is 3. The Bertz CT molecular complexity index is 3340. The average molecular weight is 920 g/mol. The fraction of sp³-hybridized carbons (Fsp3) is 0.273. The average Bonchev–Trinajstić information content (AvgIpc) is 3.72. The summed E-state index contributed by atoms with van der Waals surface area (Å²) in [4.78, 5) is 10.8. The smallest absolute Gasteiger partial charge is 0.149 e. The lowest BCUT2D eigenvalue weighted by Crippen LogP contribution is -2.17. The molecular formula is C66H69N3O. The zero-order valence-electron chi connectivity index (χ0n) is 43.5. The van der Waals surface area contributed by atoms with Gasteiger partial charge in [-0.2, -0.15) is 0 Å². The Hall–Kier alpha value is -7.04. The molecule has 0 bridgehead atoms. The lowest BCUT2D eigenvalue weighted by molar-refractivity contribution is 0.446.